The van der Waals surface area contributed by atoms with Crippen LogP contribution in [-0.4, -0.2) is 24.6 Å². The minimum absolute atomic E-state index is 0.0951. The van der Waals surface area contributed by atoms with Gasteiger partial charge in [0, 0.05) is 36.9 Å². The average molecular weight is 332 g/mol. The number of para-hydroxylation sites is 1. The molecule has 0 aliphatic heterocycles. The molecule has 23 heavy (non-hydrogen) atoms. The fourth-order valence-corrected chi connectivity index (χ4v) is 3.04. The highest BCUT2D eigenvalue weighted by atomic mass is 32.1. The molecular weight excluding hydrogens is 308 g/mol. The monoisotopic (exact) mass is 332 g/mol. The third kappa shape index (κ3) is 4.69. The lowest BCUT2D eigenvalue weighted by Gasteiger charge is -2.21. The van der Waals surface area contributed by atoms with E-state index in [0.717, 1.165) is 27.7 Å². The number of amides is 2. The second kappa shape index (κ2) is 7.97. The number of carbonyl (C=O) groups is 1. The van der Waals surface area contributed by atoms with Crippen molar-refractivity contribution in [3.8, 4) is 0 Å². The first-order valence-corrected chi connectivity index (χ1v) is 8.58. The zero-order valence-corrected chi connectivity index (χ0v) is 14.9. The highest BCUT2D eigenvalue weighted by Gasteiger charge is 2.13. The number of nitrogens with zero attached hydrogens (tertiary/aromatic N) is 2. The van der Waals surface area contributed by atoms with Gasteiger partial charge in [-0.2, -0.15) is 0 Å². The van der Waals surface area contributed by atoms with Gasteiger partial charge in [0.05, 0.1) is 6.04 Å². The summed E-state index contributed by atoms with van der Waals surface area (Å²) in [6.07, 6.45) is 1.83. The van der Waals surface area contributed by atoms with Gasteiger partial charge in [-0.15, -0.1) is 11.3 Å². The first-order valence-electron chi connectivity index (χ1n) is 7.77. The molecule has 1 aromatic heterocycles. The third-order valence-electron chi connectivity index (χ3n) is 3.67. The Kier molecular flexibility index (Phi) is 5.98. The normalized spacial score (nSPS) is 11.8. The Hall–Kier alpha value is -2.08. The van der Waals surface area contributed by atoms with Crippen LogP contribution in [0.25, 0.3) is 0 Å². The summed E-state index contributed by atoms with van der Waals surface area (Å²) in [5.41, 5.74) is 2.24. The molecule has 0 aliphatic carbocycles. The average Bonchev–Trinajstić information content (AvgIpc) is 2.99. The number of anilines is 1. The molecule has 2 rings (SSSR count). The Balaban J connectivity index is 1.92. The molecule has 2 amide bonds. The van der Waals surface area contributed by atoms with Gasteiger partial charge in [-0.3, -0.25) is 0 Å². The van der Waals surface area contributed by atoms with Crippen LogP contribution in [0.15, 0.2) is 30.5 Å². The Morgan fingerprint density at radius 1 is 1.39 bits per heavy atom. The molecule has 0 bridgehead atoms. The van der Waals surface area contributed by atoms with E-state index in [1.54, 1.807) is 11.3 Å². The molecule has 2 N–H and O–H groups in total. The number of nitrogens with one attached hydrogen (secondary N) is 2. The summed E-state index contributed by atoms with van der Waals surface area (Å²) < 4.78 is 0. The Labute approximate surface area is 141 Å². The minimum atomic E-state index is -0.181. The molecule has 2 aromatic rings. The van der Waals surface area contributed by atoms with E-state index in [0.29, 0.717) is 6.54 Å². The van der Waals surface area contributed by atoms with E-state index in [9.17, 15) is 4.79 Å². The second-order valence-corrected chi connectivity index (χ2v) is 6.77. The zero-order chi connectivity index (χ0) is 16.8. The topological polar surface area (TPSA) is 57.3 Å². The molecule has 0 saturated heterocycles. The molecule has 1 aromatic carbocycles. The smallest absolute Gasteiger partial charge is 0.315 e. The number of aryl methyl sites for hydroxylation is 1. The van der Waals surface area contributed by atoms with Crippen molar-refractivity contribution in [1.82, 2.24) is 15.6 Å². The van der Waals surface area contributed by atoms with Crippen LogP contribution >= 0.6 is 11.3 Å². The zero-order valence-electron chi connectivity index (χ0n) is 14.1. The van der Waals surface area contributed by atoms with E-state index in [4.69, 9.17) is 0 Å². The first kappa shape index (κ1) is 17.3. The van der Waals surface area contributed by atoms with Gasteiger partial charge >= 0.3 is 6.03 Å². The van der Waals surface area contributed by atoms with Crippen LogP contribution < -0.4 is 15.5 Å². The van der Waals surface area contributed by atoms with Gasteiger partial charge in [0.15, 0.2) is 0 Å². The van der Waals surface area contributed by atoms with Gasteiger partial charge in [-0.1, -0.05) is 18.2 Å². The lowest BCUT2D eigenvalue weighted by atomic mass is 10.1. The van der Waals surface area contributed by atoms with Crippen LogP contribution in [0, 0.1) is 6.92 Å². The predicted molar refractivity (Wildman–Crippen MR) is 96.0 cm³/mol. The molecule has 1 heterocycles. The molecule has 0 aliphatic rings. The van der Waals surface area contributed by atoms with Crippen molar-refractivity contribution in [3.05, 3.63) is 45.9 Å². The maximum atomic E-state index is 12.1. The molecule has 0 radical (unpaired) electrons. The Bertz CT molecular complexity index is 656. The summed E-state index contributed by atoms with van der Waals surface area (Å²) in [4.78, 5) is 19.7. The fourth-order valence-electron chi connectivity index (χ4n) is 2.26. The molecule has 124 valence electrons. The summed E-state index contributed by atoms with van der Waals surface area (Å²) in [7, 11) is 2.05. The van der Waals surface area contributed by atoms with Crippen LogP contribution in [0.1, 0.15) is 35.3 Å². The largest absolute Gasteiger partial charge is 0.375 e. The molecule has 0 fully saturated rings. The van der Waals surface area contributed by atoms with Crippen LogP contribution in [0.2, 0.25) is 0 Å². The quantitative estimate of drug-likeness (QED) is 0.851. The van der Waals surface area contributed by atoms with Crippen molar-refractivity contribution < 1.29 is 4.79 Å². The minimum Gasteiger partial charge on any atom is -0.375 e. The fraction of sp³-hybridized carbons (Fsp3) is 0.412. The van der Waals surface area contributed by atoms with Crippen LogP contribution in [0.4, 0.5) is 10.5 Å². The number of aromatic nitrogens is 1. The standard InChI is InChI=1S/C17H24N4OS/c1-5-21(4)15-9-7-6-8-14(15)11-19-17(22)20-13(3)16-18-10-12(2)23-16/h6-10,13H,5,11H2,1-4H3,(H2,19,20,22). The summed E-state index contributed by atoms with van der Waals surface area (Å²) in [5, 5.41) is 6.77. The Morgan fingerprint density at radius 2 is 2.13 bits per heavy atom. The molecule has 0 saturated carbocycles. The van der Waals surface area contributed by atoms with E-state index in [-0.39, 0.29) is 12.1 Å². The SMILES string of the molecule is CCN(C)c1ccccc1CNC(=O)NC(C)c1ncc(C)s1. The van der Waals surface area contributed by atoms with Crippen LogP contribution in [-0.2, 0) is 6.54 Å². The van der Waals surface area contributed by atoms with E-state index in [1.165, 1.54) is 0 Å². The summed E-state index contributed by atoms with van der Waals surface area (Å²) in [6.45, 7) is 7.47. The summed E-state index contributed by atoms with van der Waals surface area (Å²) in [5.74, 6) is 0. The molecule has 5 nitrogen and oxygen atoms in total. The number of carbonyl (C=O) groups excluding carboxylic acids is 1. The van der Waals surface area contributed by atoms with Gasteiger partial charge in [0.2, 0.25) is 0 Å². The van der Waals surface area contributed by atoms with E-state index in [2.05, 4.69) is 33.5 Å². The van der Waals surface area contributed by atoms with Crippen LogP contribution in [0.5, 0.6) is 0 Å². The van der Waals surface area contributed by atoms with Gasteiger partial charge in [-0.05, 0) is 32.4 Å². The van der Waals surface area contributed by atoms with E-state index >= 15 is 0 Å². The van der Waals surface area contributed by atoms with Crippen molar-refractivity contribution in [2.24, 2.45) is 0 Å². The summed E-state index contributed by atoms with van der Waals surface area (Å²) >= 11 is 1.60. The predicted octanol–water partition coefficient (Wildman–Crippen LogP) is 3.47. The van der Waals surface area contributed by atoms with Crippen molar-refractivity contribution in [1.29, 1.82) is 0 Å². The number of benzene rings is 1. The highest BCUT2D eigenvalue weighted by Crippen LogP contribution is 2.20. The van der Waals surface area contributed by atoms with Crippen molar-refractivity contribution in [3.63, 3.8) is 0 Å². The second-order valence-electron chi connectivity index (χ2n) is 5.50. The lowest BCUT2D eigenvalue weighted by Crippen LogP contribution is -2.36. The number of urea groups is 1. The molecule has 1 atom stereocenters. The van der Waals surface area contributed by atoms with Crippen molar-refractivity contribution >= 4 is 23.1 Å². The van der Waals surface area contributed by atoms with Gasteiger partial charge in [0.1, 0.15) is 5.01 Å². The van der Waals surface area contributed by atoms with Crippen molar-refractivity contribution in [2.45, 2.75) is 33.4 Å². The highest BCUT2D eigenvalue weighted by molar-refractivity contribution is 7.11. The number of hydrogen-bond acceptors (Lipinski definition) is 4. The summed E-state index contributed by atoms with van der Waals surface area (Å²) in [6, 6.07) is 7.83. The maximum absolute atomic E-state index is 12.1. The molecule has 0 spiro atoms. The van der Waals surface area contributed by atoms with E-state index < -0.39 is 0 Å². The van der Waals surface area contributed by atoms with Crippen LogP contribution in [0.3, 0.4) is 0 Å². The molecular formula is C17H24N4OS. The van der Waals surface area contributed by atoms with E-state index in [1.807, 2.05) is 45.3 Å². The molecule has 6 heteroatoms. The van der Waals surface area contributed by atoms with Gasteiger partial charge in [-0.25, -0.2) is 9.78 Å². The number of rotatable bonds is 6. The number of hydrogen-bond donors (Lipinski definition) is 2. The lowest BCUT2D eigenvalue weighted by molar-refractivity contribution is 0.237. The number of thiazole rings is 1. The van der Waals surface area contributed by atoms with Gasteiger partial charge < -0.3 is 15.5 Å². The van der Waals surface area contributed by atoms with Crippen molar-refractivity contribution in [2.75, 3.05) is 18.5 Å². The first-order chi connectivity index (χ1) is 11.0. The molecule has 1 unspecified atom stereocenters. The van der Waals surface area contributed by atoms with Gasteiger partial charge in [0.25, 0.3) is 0 Å². The maximum Gasteiger partial charge on any atom is 0.315 e. The Morgan fingerprint density at radius 3 is 2.78 bits per heavy atom. The third-order valence-corrected chi connectivity index (χ3v) is 4.77.